The Balaban J connectivity index is 1.90. The zero-order valence-corrected chi connectivity index (χ0v) is 12.8. The Morgan fingerprint density at radius 1 is 1.38 bits per heavy atom. The number of halogens is 1. The van der Waals surface area contributed by atoms with E-state index in [0.29, 0.717) is 0 Å². The summed E-state index contributed by atoms with van der Waals surface area (Å²) in [4.78, 5) is 1.20. The van der Waals surface area contributed by atoms with Gasteiger partial charge in [0.05, 0.1) is 5.69 Å². The number of aromatic nitrogens is 3. The zero-order valence-electron chi connectivity index (χ0n) is 12.0. The van der Waals surface area contributed by atoms with Crippen LogP contribution < -0.4 is 5.32 Å². The third kappa shape index (κ3) is 3.11. The predicted molar refractivity (Wildman–Crippen MR) is 82.9 cm³/mol. The van der Waals surface area contributed by atoms with Crippen molar-refractivity contribution in [3.8, 4) is 0 Å². The van der Waals surface area contributed by atoms with Crippen LogP contribution in [0.2, 0.25) is 0 Å². The topological polar surface area (TPSA) is 42.7 Å². The molecule has 1 atom stereocenters. The maximum absolute atomic E-state index is 13.3. The summed E-state index contributed by atoms with van der Waals surface area (Å²) in [5, 5.41) is 12.5. The number of nitrogens with zero attached hydrogens (tertiary/aromatic N) is 3. The number of thiophene rings is 1. The van der Waals surface area contributed by atoms with Gasteiger partial charge in [0.2, 0.25) is 0 Å². The van der Waals surface area contributed by atoms with Gasteiger partial charge in [0, 0.05) is 35.3 Å². The monoisotopic (exact) mass is 304 g/mol. The van der Waals surface area contributed by atoms with Crippen molar-refractivity contribution in [3.05, 3.63) is 46.9 Å². The number of hydrogen-bond acceptors (Lipinski definition) is 4. The highest BCUT2D eigenvalue weighted by Crippen LogP contribution is 2.31. The molecule has 1 unspecified atom stereocenters. The van der Waals surface area contributed by atoms with E-state index >= 15 is 0 Å². The molecule has 2 aromatic heterocycles. The fraction of sp³-hybridized carbons (Fsp3) is 0.333. The molecule has 4 nitrogen and oxygen atoms in total. The molecule has 0 amide bonds. The molecule has 6 heteroatoms. The standard InChI is InChI=1S/C15H17FN4S/c1-3-17-13(8-12-9-20(2)19-18-12)15-7-10-6-11(16)4-5-14(10)21-15/h4-7,9,13,17H,3,8H2,1-2H3. The summed E-state index contributed by atoms with van der Waals surface area (Å²) < 4.78 is 16.1. The molecule has 2 heterocycles. The molecule has 0 fully saturated rings. The van der Waals surface area contributed by atoms with Crippen molar-refractivity contribution < 1.29 is 4.39 Å². The third-order valence-corrected chi connectivity index (χ3v) is 4.58. The van der Waals surface area contributed by atoms with E-state index in [1.807, 2.05) is 19.3 Å². The summed E-state index contributed by atoms with van der Waals surface area (Å²) in [5.41, 5.74) is 0.951. The largest absolute Gasteiger partial charge is 0.309 e. The van der Waals surface area contributed by atoms with Crippen molar-refractivity contribution in [3.63, 3.8) is 0 Å². The van der Waals surface area contributed by atoms with Gasteiger partial charge in [-0.1, -0.05) is 12.1 Å². The summed E-state index contributed by atoms with van der Waals surface area (Å²) in [7, 11) is 1.86. The Kier molecular flexibility index (Phi) is 3.98. The second-order valence-corrected chi connectivity index (χ2v) is 6.14. The van der Waals surface area contributed by atoms with Gasteiger partial charge in [-0.3, -0.25) is 4.68 Å². The van der Waals surface area contributed by atoms with Crippen molar-refractivity contribution in [1.29, 1.82) is 0 Å². The molecule has 3 aromatic rings. The van der Waals surface area contributed by atoms with Gasteiger partial charge in [0.1, 0.15) is 5.82 Å². The lowest BCUT2D eigenvalue weighted by Crippen LogP contribution is -2.22. The lowest BCUT2D eigenvalue weighted by atomic mass is 10.1. The van der Waals surface area contributed by atoms with Gasteiger partial charge < -0.3 is 5.32 Å². The molecule has 21 heavy (non-hydrogen) atoms. The minimum atomic E-state index is -0.194. The molecular weight excluding hydrogens is 287 g/mol. The Labute approximate surface area is 126 Å². The Bertz CT molecular complexity index is 749. The quantitative estimate of drug-likeness (QED) is 0.788. The van der Waals surface area contributed by atoms with E-state index < -0.39 is 0 Å². The van der Waals surface area contributed by atoms with Crippen LogP contribution in [0.15, 0.2) is 30.5 Å². The van der Waals surface area contributed by atoms with Crippen LogP contribution >= 0.6 is 11.3 Å². The van der Waals surface area contributed by atoms with Gasteiger partial charge in [-0.25, -0.2) is 4.39 Å². The molecule has 0 aliphatic carbocycles. The van der Waals surface area contributed by atoms with Crippen LogP contribution in [0.3, 0.4) is 0 Å². The van der Waals surface area contributed by atoms with E-state index in [0.717, 1.165) is 28.7 Å². The number of nitrogens with one attached hydrogen (secondary N) is 1. The lowest BCUT2D eigenvalue weighted by molar-refractivity contribution is 0.552. The molecule has 0 bridgehead atoms. The van der Waals surface area contributed by atoms with Crippen LogP contribution in [0, 0.1) is 5.82 Å². The Morgan fingerprint density at radius 2 is 2.24 bits per heavy atom. The normalized spacial score (nSPS) is 12.9. The highest BCUT2D eigenvalue weighted by Gasteiger charge is 2.16. The molecule has 0 radical (unpaired) electrons. The molecule has 0 aliphatic heterocycles. The van der Waals surface area contributed by atoms with Gasteiger partial charge in [0.25, 0.3) is 0 Å². The van der Waals surface area contributed by atoms with Crippen LogP contribution in [-0.2, 0) is 13.5 Å². The molecular formula is C15H17FN4S. The van der Waals surface area contributed by atoms with Gasteiger partial charge >= 0.3 is 0 Å². The maximum Gasteiger partial charge on any atom is 0.123 e. The maximum atomic E-state index is 13.3. The molecule has 0 aliphatic rings. The van der Waals surface area contributed by atoms with Crippen molar-refractivity contribution in [2.24, 2.45) is 7.05 Å². The van der Waals surface area contributed by atoms with Crippen molar-refractivity contribution in [2.45, 2.75) is 19.4 Å². The van der Waals surface area contributed by atoms with E-state index in [1.165, 1.54) is 10.9 Å². The molecule has 0 saturated heterocycles. The fourth-order valence-corrected chi connectivity index (χ4v) is 3.54. The summed E-state index contributed by atoms with van der Waals surface area (Å²) >= 11 is 1.70. The first kappa shape index (κ1) is 14.2. The predicted octanol–water partition coefficient (Wildman–Crippen LogP) is 3.06. The number of fused-ring (bicyclic) bond motifs is 1. The first-order chi connectivity index (χ1) is 10.2. The number of benzene rings is 1. The Hall–Kier alpha value is -1.79. The van der Waals surface area contributed by atoms with Gasteiger partial charge in [0.15, 0.2) is 0 Å². The number of likely N-dealkylation sites (N-methyl/N-ethyl adjacent to an activating group) is 1. The molecule has 1 N–H and O–H groups in total. The van der Waals surface area contributed by atoms with Crippen molar-refractivity contribution in [1.82, 2.24) is 20.3 Å². The van der Waals surface area contributed by atoms with Crippen LogP contribution in [0.5, 0.6) is 0 Å². The third-order valence-electron chi connectivity index (χ3n) is 3.35. The fourth-order valence-electron chi connectivity index (χ4n) is 2.42. The Morgan fingerprint density at radius 3 is 2.95 bits per heavy atom. The van der Waals surface area contributed by atoms with Gasteiger partial charge in [-0.2, -0.15) is 0 Å². The summed E-state index contributed by atoms with van der Waals surface area (Å²) in [6, 6.07) is 7.16. The minimum Gasteiger partial charge on any atom is -0.309 e. The van der Waals surface area contributed by atoms with E-state index in [2.05, 4.69) is 28.6 Å². The molecule has 110 valence electrons. The number of aryl methyl sites for hydroxylation is 1. The number of hydrogen-bond donors (Lipinski definition) is 1. The zero-order chi connectivity index (χ0) is 14.8. The smallest absolute Gasteiger partial charge is 0.123 e. The second-order valence-electron chi connectivity index (χ2n) is 5.03. The first-order valence-corrected chi connectivity index (χ1v) is 7.75. The van der Waals surface area contributed by atoms with Crippen molar-refractivity contribution in [2.75, 3.05) is 6.54 Å². The summed E-state index contributed by atoms with van der Waals surface area (Å²) in [6.07, 6.45) is 2.70. The van der Waals surface area contributed by atoms with Crippen LogP contribution in [0.1, 0.15) is 23.5 Å². The molecule has 0 saturated carbocycles. The second kappa shape index (κ2) is 5.91. The molecule has 3 rings (SSSR count). The summed E-state index contributed by atoms with van der Waals surface area (Å²) in [6.45, 7) is 2.95. The minimum absolute atomic E-state index is 0.173. The average Bonchev–Trinajstić information content (AvgIpc) is 3.04. The molecule has 0 spiro atoms. The lowest BCUT2D eigenvalue weighted by Gasteiger charge is -2.14. The van der Waals surface area contributed by atoms with E-state index in [-0.39, 0.29) is 11.9 Å². The highest BCUT2D eigenvalue weighted by atomic mass is 32.1. The molecule has 1 aromatic carbocycles. The van der Waals surface area contributed by atoms with E-state index in [1.54, 1.807) is 22.1 Å². The van der Waals surface area contributed by atoms with E-state index in [9.17, 15) is 4.39 Å². The summed E-state index contributed by atoms with van der Waals surface area (Å²) in [5.74, 6) is -0.194. The average molecular weight is 304 g/mol. The van der Waals surface area contributed by atoms with Crippen LogP contribution in [-0.4, -0.2) is 21.5 Å². The van der Waals surface area contributed by atoms with Crippen molar-refractivity contribution >= 4 is 21.4 Å². The SMILES string of the molecule is CCNC(Cc1cn(C)nn1)c1cc2cc(F)ccc2s1. The van der Waals surface area contributed by atoms with Gasteiger partial charge in [-0.05, 0) is 36.2 Å². The number of rotatable bonds is 5. The van der Waals surface area contributed by atoms with Crippen LogP contribution in [0.4, 0.5) is 4.39 Å². The first-order valence-electron chi connectivity index (χ1n) is 6.93. The van der Waals surface area contributed by atoms with Gasteiger partial charge in [-0.15, -0.1) is 16.4 Å². The van der Waals surface area contributed by atoms with E-state index in [4.69, 9.17) is 0 Å². The van der Waals surface area contributed by atoms with Crippen LogP contribution in [0.25, 0.3) is 10.1 Å². The highest BCUT2D eigenvalue weighted by molar-refractivity contribution is 7.19.